The van der Waals surface area contributed by atoms with Gasteiger partial charge in [-0.1, -0.05) is 13.0 Å². The van der Waals surface area contributed by atoms with Crippen LogP contribution in [0.3, 0.4) is 0 Å². The van der Waals surface area contributed by atoms with Crippen LogP contribution in [0, 0.1) is 5.41 Å². The molecule has 0 bridgehead atoms. The smallest absolute Gasteiger partial charge is 0.317 e. The molecule has 0 aromatic carbocycles. The molecule has 0 aliphatic rings. The molecule has 2 N–H and O–H groups in total. The summed E-state index contributed by atoms with van der Waals surface area (Å²) in [5.74, 6) is 0.633. The Labute approximate surface area is 158 Å². The predicted octanol–water partition coefficient (Wildman–Crippen LogP) is 1.99. The van der Waals surface area contributed by atoms with E-state index in [-0.39, 0.29) is 12.6 Å². The zero-order valence-electron chi connectivity index (χ0n) is 15.8. The normalized spacial score (nSPS) is 13.1. The molecular formula is C18H27N5O2S. The maximum atomic E-state index is 12.4. The lowest BCUT2D eigenvalue weighted by Gasteiger charge is -2.28. The van der Waals surface area contributed by atoms with Gasteiger partial charge in [-0.25, -0.2) is 14.8 Å². The lowest BCUT2D eigenvalue weighted by Crippen LogP contribution is -2.44. The van der Waals surface area contributed by atoms with E-state index in [4.69, 9.17) is 0 Å². The number of hydrogen-bond donors (Lipinski definition) is 2. The van der Waals surface area contributed by atoms with Crippen LogP contribution in [0.15, 0.2) is 29.9 Å². The zero-order chi connectivity index (χ0) is 19.2. The van der Waals surface area contributed by atoms with Gasteiger partial charge in [-0.2, -0.15) is 0 Å². The summed E-state index contributed by atoms with van der Waals surface area (Å²) in [6.45, 7) is 2.80. The summed E-state index contributed by atoms with van der Waals surface area (Å²) in [5, 5.41) is 14.7. The van der Waals surface area contributed by atoms with Crippen molar-refractivity contribution in [3.05, 3.63) is 40.3 Å². The highest BCUT2D eigenvalue weighted by Gasteiger charge is 2.26. The molecule has 0 radical (unpaired) electrons. The Morgan fingerprint density at radius 1 is 1.31 bits per heavy atom. The number of anilines is 1. The maximum absolute atomic E-state index is 12.4. The number of hydrogen-bond acceptors (Lipinski definition) is 6. The number of urea groups is 1. The molecule has 0 saturated carbocycles. The highest BCUT2D eigenvalue weighted by atomic mass is 32.1. The molecule has 0 saturated heterocycles. The van der Waals surface area contributed by atoms with Crippen LogP contribution in [0.4, 0.5) is 10.7 Å². The van der Waals surface area contributed by atoms with Gasteiger partial charge in [0.2, 0.25) is 5.95 Å². The Kier molecular flexibility index (Phi) is 6.93. The third-order valence-electron chi connectivity index (χ3n) is 4.09. The van der Waals surface area contributed by atoms with Crippen molar-refractivity contribution in [1.29, 1.82) is 0 Å². The van der Waals surface area contributed by atoms with E-state index in [1.165, 1.54) is 4.88 Å². The highest BCUT2D eigenvalue weighted by molar-refractivity contribution is 7.09. The molecule has 2 amide bonds. The van der Waals surface area contributed by atoms with E-state index in [9.17, 15) is 9.90 Å². The van der Waals surface area contributed by atoms with E-state index in [1.54, 1.807) is 35.7 Å². The number of nitrogens with zero attached hydrogens (tertiary/aromatic N) is 4. The van der Waals surface area contributed by atoms with Crippen molar-refractivity contribution in [2.45, 2.75) is 19.9 Å². The number of aromatic nitrogens is 2. The van der Waals surface area contributed by atoms with Gasteiger partial charge < -0.3 is 20.2 Å². The first-order valence-electron chi connectivity index (χ1n) is 8.43. The fourth-order valence-electron chi connectivity index (χ4n) is 2.44. The zero-order valence-corrected chi connectivity index (χ0v) is 16.6. The van der Waals surface area contributed by atoms with Gasteiger partial charge in [-0.05, 0) is 17.9 Å². The quantitative estimate of drug-likeness (QED) is 0.735. The van der Waals surface area contributed by atoms with Crippen LogP contribution in [0.25, 0.3) is 0 Å². The Balaban J connectivity index is 1.87. The monoisotopic (exact) mass is 377 g/mol. The fraction of sp³-hybridized carbons (Fsp3) is 0.500. The molecule has 1 atom stereocenters. The van der Waals surface area contributed by atoms with E-state index < -0.39 is 5.41 Å². The molecule has 8 heteroatoms. The second kappa shape index (κ2) is 8.95. The molecule has 2 aromatic heterocycles. The van der Waals surface area contributed by atoms with Gasteiger partial charge in [0.25, 0.3) is 0 Å². The molecule has 2 rings (SSSR count). The molecule has 2 heterocycles. The van der Waals surface area contributed by atoms with Crippen LogP contribution in [0.2, 0.25) is 0 Å². The molecule has 142 valence electrons. The van der Waals surface area contributed by atoms with Gasteiger partial charge in [0.1, 0.15) is 0 Å². The minimum atomic E-state index is -0.391. The summed E-state index contributed by atoms with van der Waals surface area (Å²) in [7, 11) is 5.48. The number of nitrogens with one attached hydrogen (secondary N) is 1. The van der Waals surface area contributed by atoms with Crippen molar-refractivity contribution in [3.63, 3.8) is 0 Å². The molecule has 0 aliphatic heterocycles. The number of thiophene rings is 1. The van der Waals surface area contributed by atoms with E-state index >= 15 is 0 Å². The van der Waals surface area contributed by atoms with Crippen molar-refractivity contribution in [3.8, 4) is 0 Å². The van der Waals surface area contributed by atoms with Crippen molar-refractivity contribution in [2.75, 3.05) is 39.2 Å². The van der Waals surface area contributed by atoms with Crippen LogP contribution in [0.5, 0.6) is 0 Å². The molecule has 7 nitrogen and oxygen atoms in total. The van der Waals surface area contributed by atoms with Gasteiger partial charge >= 0.3 is 6.03 Å². The van der Waals surface area contributed by atoms with E-state index in [0.717, 1.165) is 12.0 Å². The Morgan fingerprint density at radius 2 is 2.00 bits per heavy atom. The summed E-state index contributed by atoms with van der Waals surface area (Å²) in [6.07, 6.45) is 4.17. The van der Waals surface area contributed by atoms with Gasteiger partial charge in [0, 0.05) is 55.9 Å². The second-order valence-electron chi connectivity index (χ2n) is 7.03. The van der Waals surface area contributed by atoms with Crippen molar-refractivity contribution < 1.29 is 9.90 Å². The van der Waals surface area contributed by atoms with Crippen LogP contribution in [-0.2, 0) is 13.0 Å². The number of rotatable bonds is 8. The number of carbonyl (C=O) groups excluding carboxylic acids is 1. The molecule has 0 fully saturated rings. The predicted molar refractivity (Wildman–Crippen MR) is 104 cm³/mol. The number of aliphatic hydroxyl groups excluding tert-OH is 1. The first kappa shape index (κ1) is 20.1. The van der Waals surface area contributed by atoms with E-state index in [0.29, 0.717) is 19.0 Å². The first-order chi connectivity index (χ1) is 12.3. The minimum Gasteiger partial charge on any atom is -0.396 e. The van der Waals surface area contributed by atoms with Crippen molar-refractivity contribution in [1.82, 2.24) is 20.2 Å². The van der Waals surface area contributed by atoms with Crippen LogP contribution >= 0.6 is 11.3 Å². The highest BCUT2D eigenvalue weighted by Crippen LogP contribution is 2.24. The average Bonchev–Trinajstić information content (AvgIpc) is 3.12. The van der Waals surface area contributed by atoms with E-state index in [1.807, 2.05) is 43.4 Å². The second-order valence-corrected chi connectivity index (χ2v) is 8.06. The Bertz CT molecular complexity index is 690. The van der Waals surface area contributed by atoms with Crippen molar-refractivity contribution in [2.24, 2.45) is 5.41 Å². The van der Waals surface area contributed by atoms with Crippen LogP contribution in [-0.4, -0.2) is 60.3 Å². The lowest BCUT2D eigenvalue weighted by molar-refractivity contribution is 0.137. The maximum Gasteiger partial charge on any atom is 0.317 e. The minimum absolute atomic E-state index is 0.00866. The molecule has 1 unspecified atom stereocenters. The topological polar surface area (TPSA) is 81.6 Å². The molecule has 26 heavy (non-hydrogen) atoms. The average molecular weight is 378 g/mol. The molecule has 2 aromatic rings. The summed E-state index contributed by atoms with van der Waals surface area (Å²) in [6, 6.07) is 3.85. The van der Waals surface area contributed by atoms with Gasteiger partial charge in [0.15, 0.2) is 0 Å². The standard InChI is InChI=1S/C18H27N5O2S/c1-18(13-24,8-15-6-5-7-26-15)12-21-17(25)23(4)11-14-9-19-16(20-10-14)22(2)3/h5-7,9-10,24H,8,11-13H2,1-4H3,(H,21,25). The summed E-state index contributed by atoms with van der Waals surface area (Å²) < 4.78 is 0. The third-order valence-corrected chi connectivity index (χ3v) is 4.96. The molecule has 0 spiro atoms. The van der Waals surface area contributed by atoms with Gasteiger partial charge in [-0.3, -0.25) is 0 Å². The van der Waals surface area contributed by atoms with Crippen molar-refractivity contribution >= 4 is 23.3 Å². The first-order valence-corrected chi connectivity index (χ1v) is 9.31. The number of amides is 2. The summed E-state index contributed by atoms with van der Waals surface area (Å²) in [5.41, 5.74) is 0.467. The SMILES string of the molecule is CN(Cc1cnc(N(C)C)nc1)C(=O)NCC(C)(CO)Cc1cccs1. The number of aliphatic hydroxyl groups is 1. The van der Waals surface area contributed by atoms with Gasteiger partial charge in [-0.15, -0.1) is 11.3 Å². The Hall–Kier alpha value is -2.19. The van der Waals surface area contributed by atoms with Crippen LogP contribution in [0.1, 0.15) is 17.4 Å². The molecular weight excluding hydrogens is 350 g/mol. The Morgan fingerprint density at radius 3 is 2.54 bits per heavy atom. The summed E-state index contributed by atoms with van der Waals surface area (Å²) >= 11 is 1.66. The van der Waals surface area contributed by atoms with Gasteiger partial charge in [0.05, 0.1) is 13.2 Å². The summed E-state index contributed by atoms with van der Waals surface area (Å²) in [4.78, 5) is 25.5. The lowest BCUT2D eigenvalue weighted by atomic mass is 9.87. The van der Waals surface area contributed by atoms with E-state index in [2.05, 4.69) is 15.3 Å². The number of carbonyl (C=O) groups is 1. The largest absolute Gasteiger partial charge is 0.396 e. The fourth-order valence-corrected chi connectivity index (χ4v) is 3.36. The van der Waals surface area contributed by atoms with Crippen LogP contribution < -0.4 is 10.2 Å². The third kappa shape index (κ3) is 5.67. The molecule has 0 aliphatic carbocycles.